The number of rotatable bonds is 1. The Labute approximate surface area is 87.1 Å². The van der Waals surface area contributed by atoms with Crippen molar-refractivity contribution in [3.63, 3.8) is 0 Å². The SMILES string of the molecule is COC(=O)C1OC(O)C2OC(C)(C)OC12. The minimum Gasteiger partial charge on any atom is -0.467 e. The molecule has 2 fully saturated rings. The number of carbonyl (C=O) groups excluding carboxylic acids is 1. The van der Waals surface area contributed by atoms with Crippen molar-refractivity contribution in [1.82, 2.24) is 0 Å². The minimum atomic E-state index is -1.15. The maximum Gasteiger partial charge on any atom is 0.337 e. The molecule has 4 unspecified atom stereocenters. The fraction of sp³-hybridized carbons (Fsp3) is 0.889. The predicted molar refractivity (Wildman–Crippen MR) is 46.7 cm³/mol. The van der Waals surface area contributed by atoms with E-state index in [2.05, 4.69) is 4.74 Å². The van der Waals surface area contributed by atoms with Crippen molar-refractivity contribution in [3.05, 3.63) is 0 Å². The zero-order valence-corrected chi connectivity index (χ0v) is 8.80. The smallest absolute Gasteiger partial charge is 0.337 e. The Hall–Kier alpha value is -0.690. The lowest BCUT2D eigenvalue weighted by atomic mass is 10.1. The number of esters is 1. The van der Waals surface area contributed by atoms with Gasteiger partial charge in [0.1, 0.15) is 12.2 Å². The molecule has 0 aromatic carbocycles. The van der Waals surface area contributed by atoms with Gasteiger partial charge < -0.3 is 24.1 Å². The summed E-state index contributed by atoms with van der Waals surface area (Å²) in [5, 5.41) is 9.51. The Balaban J connectivity index is 2.16. The Morgan fingerprint density at radius 1 is 1.33 bits per heavy atom. The van der Waals surface area contributed by atoms with Crippen LogP contribution in [0.15, 0.2) is 0 Å². The van der Waals surface area contributed by atoms with E-state index in [9.17, 15) is 9.90 Å². The molecule has 2 rings (SSSR count). The molecule has 0 bridgehead atoms. The molecule has 15 heavy (non-hydrogen) atoms. The second-order valence-corrected chi connectivity index (χ2v) is 4.04. The third-order valence-corrected chi connectivity index (χ3v) is 2.46. The third-order valence-electron chi connectivity index (χ3n) is 2.46. The van der Waals surface area contributed by atoms with Gasteiger partial charge in [0, 0.05) is 0 Å². The van der Waals surface area contributed by atoms with E-state index >= 15 is 0 Å². The van der Waals surface area contributed by atoms with E-state index in [0.717, 1.165) is 0 Å². The van der Waals surface area contributed by atoms with E-state index in [1.54, 1.807) is 13.8 Å². The lowest BCUT2D eigenvalue weighted by Gasteiger charge is -2.21. The molecule has 0 spiro atoms. The van der Waals surface area contributed by atoms with Crippen LogP contribution < -0.4 is 0 Å². The van der Waals surface area contributed by atoms with Crippen LogP contribution in [0, 0.1) is 0 Å². The number of hydrogen-bond donors (Lipinski definition) is 1. The Morgan fingerprint density at radius 3 is 2.53 bits per heavy atom. The summed E-state index contributed by atoms with van der Waals surface area (Å²) >= 11 is 0. The predicted octanol–water partition coefficient (Wildman–Crippen LogP) is -0.603. The van der Waals surface area contributed by atoms with E-state index in [1.165, 1.54) is 7.11 Å². The lowest BCUT2D eigenvalue weighted by molar-refractivity contribution is -0.223. The van der Waals surface area contributed by atoms with Crippen molar-refractivity contribution in [2.45, 2.75) is 44.2 Å². The monoisotopic (exact) mass is 218 g/mol. The van der Waals surface area contributed by atoms with E-state index in [-0.39, 0.29) is 0 Å². The quantitative estimate of drug-likeness (QED) is 0.592. The molecule has 0 aromatic heterocycles. The van der Waals surface area contributed by atoms with Gasteiger partial charge in [-0.15, -0.1) is 0 Å². The van der Waals surface area contributed by atoms with E-state index in [1.807, 2.05) is 0 Å². The standard InChI is InChI=1S/C9H14O6/c1-9(2)14-4-5(7(10)12-3)13-8(11)6(4)15-9/h4-6,8,11H,1-3H3. The number of fused-ring (bicyclic) bond motifs is 1. The normalized spacial score (nSPS) is 42.7. The van der Waals surface area contributed by atoms with Gasteiger partial charge in [0.25, 0.3) is 0 Å². The molecule has 4 atom stereocenters. The molecule has 86 valence electrons. The van der Waals surface area contributed by atoms with Gasteiger partial charge in [-0.2, -0.15) is 0 Å². The maximum atomic E-state index is 11.3. The van der Waals surface area contributed by atoms with Crippen LogP contribution in [0.2, 0.25) is 0 Å². The van der Waals surface area contributed by atoms with Crippen molar-refractivity contribution in [2.24, 2.45) is 0 Å². The van der Waals surface area contributed by atoms with Gasteiger partial charge in [-0.25, -0.2) is 4.79 Å². The van der Waals surface area contributed by atoms with Crippen molar-refractivity contribution in [2.75, 3.05) is 7.11 Å². The van der Waals surface area contributed by atoms with Crippen LogP contribution in [-0.4, -0.2) is 48.6 Å². The van der Waals surface area contributed by atoms with Crippen molar-refractivity contribution < 1.29 is 28.8 Å². The number of hydrogen-bond acceptors (Lipinski definition) is 6. The summed E-state index contributed by atoms with van der Waals surface area (Å²) < 4.78 is 20.4. The molecule has 2 aliphatic rings. The molecule has 2 saturated heterocycles. The first kappa shape index (κ1) is 10.8. The van der Waals surface area contributed by atoms with Crippen LogP contribution in [0.3, 0.4) is 0 Å². The summed E-state index contributed by atoms with van der Waals surface area (Å²) in [4.78, 5) is 11.3. The van der Waals surface area contributed by atoms with Gasteiger partial charge in [-0.05, 0) is 13.8 Å². The highest BCUT2D eigenvalue weighted by molar-refractivity contribution is 5.76. The number of ether oxygens (including phenoxy) is 4. The largest absolute Gasteiger partial charge is 0.467 e. The molecule has 0 saturated carbocycles. The second-order valence-electron chi connectivity index (χ2n) is 4.04. The fourth-order valence-corrected chi connectivity index (χ4v) is 1.88. The van der Waals surface area contributed by atoms with E-state index < -0.39 is 36.4 Å². The van der Waals surface area contributed by atoms with Crippen molar-refractivity contribution in [1.29, 1.82) is 0 Å². The van der Waals surface area contributed by atoms with Crippen LogP contribution in [0.1, 0.15) is 13.8 Å². The molecule has 1 N–H and O–H groups in total. The molecule has 0 aromatic rings. The molecule has 0 amide bonds. The summed E-state index contributed by atoms with van der Waals surface area (Å²) in [5.74, 6) is -1.38. The number of carbonyl (C=O) groups is 1. The van der Waals surface area contributed by atoms with Gasteiger partial charge in [0.05, 0.1) is 7.11 Å². The first-order valence-electron chi connectivity index (χ1n) is 4.71. The van der Waals surface area contributed by atoms with Gasteiger partial charge in [-0.3, -0.25) is 0 Å². The topological polar surface area (TPSA) is 74.2 Å². The summed E-state index contributed by atoms with van der Waals surface area (Å²) in [6.07, 6.45) is -3.32. The molecule has 6 nitrogen and oxygen atoms in total. The van der Waals surface area contributed by atoms with Crippen LogP contribution in [0.25, 0.3) is 0 Å². The molecular weight excluding hydrogens is 204 g/mol. The highest BCUT2D eigenvalue weighted by Crippen LogP contribution is 2.38. The van der Waals surface area contributed by atoms with E-state index in [0.29, 0.717) is 0 Å². The molecular formula is C9H14O6. The molecule has 2 heterocycles. The van der Waals surface area contributed by atoms with Crippen LogP contribution in [0.4, 0.5) is 0 Å². The van der Waals surface area contributed by atoms with Crippen LogP contribution in [0.5, 0.6) is 0 Å². The van der Waals surface area contributed by atoms with Crippen LogP contribution in [-0.2, 0) is 23.7 Å². The Morgan fingerprint density at radius 2 is 1.93 bits per heavy atom. The maximum absolute atomic E-state index is 11.3. The third kappa shape index (κ3) is 1.74. The first-order chi connectivity index (χ1) is 6.94. The zero-order chi connectivity index (χ0) is 11.2. The average Bonchev–Trinajstić information content (AvgIpc) is 2.61. The lowest BCUT2D eigenvalue weighted by Crippen LogP contribution is -2.36. The Bertz CT molecular complexity index is 276. The van der Waals surface area contributed by atoms with Gasteiger partial charge in [0.15, 0.2) is 18.2 Å². The molecule has 0 aliphatic carbocycles. The van der Waals surface area contributed by atoms with Crippen LogP contribution >= 0.6 is 0 Å². The summed E-state index contributed by atoms with van der Waals surface area (Å²) in [5.41, 5.74) is 0. The number of methoxy groups -OCH3 is 1. The zero-order valence-electron chi connectivity index (χ0n) is 8.80. The summed E-state index contributed by atoms with van der Waals surface area (Å²) in [6.45, 7) is 3.43. The van der Waals surface area contributed by atoms with Gasteiger partial charge in [0.2, 0.25) is 0 Å². The van der Waals surface area contributed by atoms with Gasteiger partial charge >= 0.3 is 5.97 Å². The number of aliphatic hydroxyl groups is 1. The van der Waals surface area contributed by atoms with Crippen molar-refractivity contribution in [3.8, 4) is 0 Å². The number of aliphatic hydroxyl groups excluding tert-OH is 1. The summed E-state index contributed by atoms with van der Waals surface area (Å²) in [6, 6.07) is 0. The van der Waals surface area contributed by atoms with Crippen molar-refractivity contribution >= 4 is 5.97 Å². The highest BCUT2D eigenvalue weighted by Gasteiger charge is 2.57. The average molecular weight is 218 g/mol. The second kappa shape index (κ2) is 3.41. The molecule has 0 radical (unpaired) electrons. The fourth-order valence-electron chi connectivity index (χ4n) is 1.88. The summed E-state index contributed by atoms with van der Waals surface area (Å²) in [7, 11) is 1.26. The molecule has 6 heteroatoms. The van der Waals surface area contributed by atoms with E-state index in [4.69, 9.17) is 14.2 Å². The highest BCUT2D eigenvalue weighted by atomic mass is 16.8. The van der Waals surface area contributed by atoms with Gasteiger partial charge in [-0.1, -0.05) is 0 Å². The first-order valence-corrected chi connectivity index (χ1v) is 4.71. The minimum absolute atomic E-state index is 0.567. The Kier molecular flexibility index (Phi) is 2.46. The molecule has 2 aliphatic heterocycles.